The molecule has 0 fully saturated rings. The smallest absolute Gasteiger partial charge is 0.234 e. The van der Waals surface area contributed by atoms with Crippen LogP contribution in [0.3, 0.4) is 0 Å². The van der Waals surface area contributed by atoms with Gasteiger partial charge in [0.25, 0.3) is 5.82 Å². The van der Waals surface area contributed by atoms with E-state index in [9.17, 15) is 0 Å². The van der Waals surface area contributed by atoms with Crippen LogP contribution in [0.5, 0.6) is 0 Å². The van der Waals surface area contributed by atoms with Crippen molar-refractivity contribution in [3.63, 3.8) is 0 Å². The second kappa shape index (κ2) is 23.9. The summed E-state index contributed by atoms with van der Waals surface area (Å²) in [5.74, 6) is 2.03. The van der Waals surface area contributed by atoms with Crippen molar-refractivity contribution in [3.05, 3.63) is 89.5 Å². The Bertz CT molecular complexity index is 1100. The van der Waals surface area contributed by atoms with Crippen LogP contribution in [0, 0.1) is 0 Å². The third kappa shape index (κ3) is 15.2. The minimum atomic E-state index is 0.517. The van der Waals surface area contributed by atoms with E-state index in [0.717, 1.165) is 25.9 Å². The Morgan fingerprint density at radius 2 is 1.02 bits per heavy atom. The Balaban J connectivity index is 1.55. The quantitative estimate of drug-likeness (QED) is 0.0597. The molecule has 1 atom stereocenters. The van der Waals surface area contributed by atoms with E-state index in [1.54, 1.807) is 0 Å². The lowest BCUT2D eigenvalue weighted by atomic mass is 9.96. The van der Waals surface area contributed by atoms with Crippen LogP contribution in [-0.4, -0.2) is 4.57 Å². The molecule has 1 heterocycles. The minimum Gasteiger partial charge on any atom is -0.234 e. The summed E-state index contributed by atoms with van der Waals surface area (Å²) in [7, 11) is 0. The normalized spacial score (nSPS) is 12.2. The van der Waals surface area contributed by atoms with Crippen LogP contribution >= 0.6 is 0 Å². The number of aryl methyl sites for hydroxylation is 1. The van der Waals surface area contributed by atoms with Crippen LogP contribution in [0.15, 0.2) is 66.9 Å². The van der Waals surface area contributed by atoms with Gasteiger partial charge in [-0.05, 0) is 42.7 Å². The van der Waals surface area contributed by atoms with Crippen LogP contribution in [-0.2, 0) is 25.9 Å². The largest absolute Gasteiger partial charge is 0.261 e. The first-order chi connectivity index (χ1) is 22.2. The molecule has 0 spiro atoms. The highest BCUT2D eigenvalue weighted by atomic mass is 15.2. The second-order valence-corrected chi connectivity index (χ2v) is 13.9. The van der Waals surface area contributed by atoms with Crippen molar-refractivity contribution in [3.8, 4) is 0 Å². The van der Waals surface area contributed by atoms with E-state index in [1.807, 2.05) is 0 Å². The molecular formula is C43H69N2+. The van der Waals surface area contributed by atoms with Gasteiger partial charge in [0.2, 0.25) is 0 Å². The SMILES string of the molecule is CCCCCCCCCCCCCCCCCn1c(CC(C)c2ccccc2)c[n+](CCCCCCC)c1Cc1ccccc1. The summed E-state index contributed by atoms with van der Waals surface area (Å²) in [4.78, 5) is 0. The van der Waals surface area contributed by atoms with Gasteiger partial charge in [-0.3, -0.25) is 0 Å². The highest BCUT2D eigenvalue weighted by Crippen LogP contribution is 2.23. The highest BCUT2D eigenvalue weighted by molar-refractivity contribution is 5.22. The summed E-state index contributed by atoms with van der Waals surface area (Å²) in [5.41, 5.74) is 4.40. The maximum Gasteiger partial charge on any atom is 0.261 e. The van der Waals surface area contributed by atoms with Gasteiger partial charge in [0.05, 0.1) is 19.5 Å². The fraction of sp³-hybridized carbons (Fsp3) is 0.651. The van der Waals surface area contributed by atoms with Gasteiger partial charge in [0.1, 0.15) is 11.9 Å². The minimum absolute atomic E-state index is 0.517. The van der Waals surface area contributed by atoms with E-state index in [2.05, 4.69) is 96.8 Å². The van der Waals surface area contributed by atoms with E-state index < -0.39 is 0 Å². The molecule has 0 aliphatic rings. The van der Waals surface area contributed by atoms with Crippen LogP contribution < -0.4 is 4.57 Å². The topological polar surface area (TPSA) is 8.81 Å². The predicted molar refractivity (Wildman–Crippen MR) is 196 cm³/mol. The van der Waals surface area contributed by atoms with Crippen LogP contribution in [0.1, 0.15) is 178 Å². The van der Waals surface area contributed by atoms with Crippen molar-refractivity contribution in [1.82, 2.24) is 4.57 Å². The monoisotopic (exact) mass is 614 g/mol. The molecule has 45 heavy (non-hydrogen) atoms. The zero-order valence-electron chi connectivity index (χ0n) is 29.8. The molecule has 250 valence electrons. The number of aromatic nitrogens is 2. The first-order valence-corrected chi connectivity index (χ1v) is 19.4. The summed E-state index contributed by atoms with van der Waals surface area (Å²) in [6.45, 7) is 9.32. The number of benzene rings is 2. The van der Waals surface area contributed by atoms with Gasteiger partial charge in [-0.15, -0.1) is 0 Å². The van der Waals surface area contributed by atoms with Crippen LogP contribution in [0.4, 0.5) is 0 Å². The molecule has 0 saturated carbocycles. The first-order valence-electron chi connectivity index (χ1n) is 19.4. The number of nitrogens with zero attached hydrogens (tertiary/aromatic N) is 2. The predicted octanol–water partition coefficient (Wildman–Crippen LogP) is 12.6. The molecule has 1 aromatic heterocycles. The number of hydrogen-bond acceptors (Lipinski definition) is 0. The van der Waals surface area contributed by atoms with E-state index >= 15 is 0 Å². The summed E-state index contributed by atoms with van der Waals surface area (Å²) in [6, 6.07) is 22.3. The van der Waals surface area contributed by atoms with Crippen molar-refractivity contribution in [2.45, 2.75) is 181 Å². The van der Waals surface area contributed by atoms with Gasteiger partial charge in [-0.1, -0.05) is 184 Å². The van der Waals surface area contributed by atoms with Crippen molar-refractivity contribution < 1.29 is 4.57 Å². The van der Waals surface area contributed by atoms with Gasteiger partial charge >= 0.3 is 0 Å². The Morgan fingerprint density at radius 1 is 0.556 bits per heavy atom. The molecule has 0 aliphatic carbocycles. The van der Waals surface area contributed by atoms with Crippen LogP contribution in [0.2, 0.25) is 0 Å². The molecule has 3 aromatic rings. The van der Waals surface area contributed by atoms with Crippen molar-refractivity contribution in [1.29, 1.82) is 0 Å². The van der Waals surface area contributed by atoms with E-state index in [1.165, 1.54) is 151 Å². The molecule has 0 amide bonds. The Kier molecular flexibility index (Phi) is 19.7. The zero-order chi connectivity index (χ0) is 31.8. The number of hydrogen-bond donors (Lipinski definition) is 0. The molecule has 2 aromatic carbocycles. The molecule has 3 rings (SSSR count). The molecule has 2 heteroatoms. The lowest BCUT2D eigenvalue weighted by Gasteiger charge is -2.12. The molecule has 0 radical (unpaired) electrons. The number of imidazole rings is 1. The third-order valence-electron chi connectivity index (χ3n) is 9.87. The van der Waals surface area contributed by atoms with Gasteiger partial charge in [-0.2, -0.15) is 0 Å². The average molecular weight is 614 g/mol. The molecule has 0 aliphatic heterocycles. The van der Waals surface area contributed by atoms with Crippen molar-refractivity contribution >= 4 is 0 Å². The molecule has 0 bridgehead atoms. The lowest BCUT2D eigenvalue weighted by Crippen LogP contribution is -2.37. The summed E-state index contributed by atoms with van der Waals surface area (Å²) >= 11 is 0. The maximum atomic E-state index is 2.74. The van der Waals surface area contributed by atoms with E-state index in [4.69, 9.17) is 0 Å². The van der Waals surface area contributed by atoms with Gasteiger partial charge in [-0.25, -0.2) is 9.13 Å². The van der Waals surface area contributed by atoms with Gasteiger partial charge in [0.15, 0.2) is 0 Å². The molecule has 0 N–H and O–H groups in total. The van der Waals surface area contributed by atoms with Crippen molar-refractivity contribution in [2.75, 3.05) is 0 Å². The van der Waals surface area contributed by atoms with E-state index in [0.29, 0.717) is 5.92 Å². The van der Waals surface area contributed by atoms with Crippen LogP contribution in [0.25, 0.3) is 0 Å². The maximum absolute atomic E-state index is 2.74. The third-order valence-corrected chi connectivity index (χ3v) is 9.87. The van der Waals surface area contributed by atoms with Gasteiger partial charge in [0, 0.05) is 6.42 Å². The zero-order valence-corrected chi connectivity index (χ0v) is 29.8. The van der Waals surface area contributed by atoms with Gasteiger partial charge < -0.3 is 0 Å². The molecule has 1 unspecified atom stereocenters. The van der Waals surface area contributed by atoms with Crippen molar-refractivity contribution in [2.24, 2.45) is 0 Å². The summed E-state index contributed by atoms with van der Waals surface area (Å²) < 4.78 is 5.37. The number of rotatable bonds is 27. The average Bonchev–Trinajstić information content (AvgIpc) is 3.38. The Morgan fingerprint density at radius 3 is 1.56 bits per heavy atom. The van der Waals surface area contributed by atoms with E-state index in [-0.39, 0.29) is 0 Å². The molecular weight excluding hydrogens is 544 g/mol. The Labute approximate surface area is 279 Å². The highest BCUT2D eigenvalue weighted by Gasteiger charge is 2.25. The second-order valence-electron chi connectivity index (χ2n) is 13.9. The Hall–Kier alpha value is -2.35. The number of unbranched alkanes of at least 4 members (excludes halogenated alkanes) is 18. The molecule has 2 nitrogen and oxygen atoms in total. The fourth-order valence-corrected chi connectivity index (χ4v) is 6.99. The first kappa shape index (κ1) is 37.1. The summed E-state index contributed by atoms with van der Waals surface area (Å²) in [6.07, 6.45) is 32.6. The fourth-order valence-electron chi connectivity index (χ4n) is 6.99. The summed E-state index contributed by atoms with van der Waals surface area (Å²) in [5, 5.41) is 0. The lowest BCUT2D eigenvalue weighted by molar-refractivity contribution is -0.704. The molecule has 0 saturated heterocycles. The standard InChI is InChI=1S/C43H69N2/c1-4-6-8-10-11-12-13-14-15-16-17-18-19-21-29-35-45-42(36-39(3)41-32-26-23-27-33-41)38-44(34-28-20-9-7-5-2)43(45)37-40-30-24-22-25-31-40/h22-27,30-33,38-39H,4-21,28-29,34-37H2,1-3H3/q+1.